The van der Waals surface area contributed by atoms with E-state index in [2.05, 4.69) is 196 Å². The van der Waals surface area contributed by atoms with Gasteiger partial charge in [-0.15, -0.1) is 0 Å². The summed E-state index contributed by atoms with van der Waals surface area (Å²) in [7, 11) is 1.74. The van der Waals surface area contributed by atoms with Crippen molar-refractivity contribution in [2.24, 2.45) is 0 Å². The number of rotatable bonds is 6. The molecule has 9 aromatic carbocycles. The van der Waals surface area contributed by atoms with Crippen LogP contribution in [0.15, 0.2) is 197 Å². The number of ether oxygens (including phenoxy) is 1. The van der Waals surface area contributed by atoms with Crippen molar-refractivity contribution in [1.29, 1.82) is 0 Å². The molecule has 290 valence electrons. The van der Waals surface area contributed by atoms with Gasteiger partial charge in [-0.05, 0) is 145 Å². The third-order valence-corrected chi connectivity index (χ3v) is 13.0. The number of hydrogen-bond donors (Lipinski definition) is 0. The van der Waals surface area contributed by atoms with Crippen LogP contribution in [0.25, 0.3) is 111 Å². The molecule has 1 aliphatic rings. The van der Waals surface area contributed by atoms with Crippen LogP contribution in [0.5, 0.6) is 5.75 Å². The van der Waals surface area contributed by atoms with Crippen molar-refractivity contribution in [2.75, 3.05) is 7.11 Å². The van der Waals surface area contributed by atoms with E-state index in [9.17, 15) is 0 Å². The molecule has 0 spiro atoms. The van der Waals surface area contributed by atoms with Crippen LogP contribution >= 0.6 is 0 Å². The summed E-state index contributed by atoms with van der Waals surface area (Å²) in [5.74, 6) is 0.850. The Morgan fingerprint density at radius 3 is 1.41 bits per heavy atom. The predicted molar refractivity (Wildman–Crippen MR) is 252 cm³/mol. The number of fused-ring (bicyclic) bond motifs is 9. The molecule has 0 atom stereocenters. The molecule has 3 heteroatoms. The van der Waals surface area contributed by atoms with Gasteiger partial charge in [0.1, 0.15) is 28.1 Å². The Morgan fingerprint density at radius 2 is 0.787 bits per heavy atom. The molecule has 0 amide bonds. The summed E-state index contributed by atoms with van der Waals surface area (Å²) in [5.41, 5.74) is 20.1. The fourth-order valence-electron chi connectivity index (χ4n) is 9.74. The number of benzene rings is 9. The van der Waals surface area contributed by atoms with Gasteiger partial charge in [-0.2, -0.15) is 0 Å². The summed E-state index contributed by atoms with van der Waals surface area (Å²) in [4.78, 5) is 0. The predicted octanol–water partition coefficient (Wildman–Crippen LogP) is 16.1. The van der Waals surface area contributed by atoms with Crippen LogP contribution in [-0.4, -0.2) is 7.11 Å². The zero-order valence-electron chi connectivity index (χ0n) is 34.1. The van der Waals surface area contributed by atoms with Crippen molar-refractivity contribution in [3.63, 3.8) is 0 Å². The van der Waals surface area contributed by atoms with Crippen LogP contribution in [0, 0.1) is 0 Å². The molecule has 0 N–H and O–H groups in total. The summed E-state index contributed by atoms with van der Waals surface area (Å²) in [5, 5.41) is 4.50. The molecule has 2 heterocycles. The first kappa shape index (κ1) is 35.3. The van der Waals surface area contributed by atoms with E-state index >= 15 is 0 Å². The SMILES string of the molecule is COc1ccc(-c2ccccc2)cc1-c1cccc(-c2ccc3oc4cc5c(cc4c3c2)-c2ccc(-c3ccc4oc6ccc(-c7ccccc7)cc6c4c3)cc2C5(C)C)c1. The van der Waals surface area contributed by atoms with Crippen molar-refractivity contribution >= 4 is 43.9 Å². The smallest absolute Gasteiger partial charge is 0.135 e. The molecule has 0 saturated heterocycles. The van der Waals surface area contributed by atoms with Gasteiger partial charge in [-0.3, -0.25) is 0 Å². The average Bonchev–Trinajstić information content (AvgIpc) is 3.94. The Kier molecular flexibility index (Phi) is 7.79. The zero-order valence-corrected chi connectivity index (χ0v) is 34.1. The van der Waals surface area contributed by atoms with E-state index in [-0.39, 0.29) is 5.41 Å². The molecule has 61 heavy (non-hydrogen) atoms. The Morgan fingerprint density at radius 1 is 0.328 bits per heavy atom. The van der Waals surface area contributed by atoms with E-state index in [1.54, 1.807) is 7.11 Å². The van der Waals surface area contributed by atoms with Crippen LogP contribution in [0.2, 0.25) is 0 Å². The molecule has 0 fully saturated rings. The van der Waals surface area contributed by atoms with E-state index in [0.717, 1.165) is 77.4 Å². The first-order chi connectivity index (χ1) is 29.9. The quantitative estimate of drug-likeness (QED) is 0.168. The van der Waals surface area contributed by atoms with Crippen LogP contribution in [-0.2, 0) is 5.41 Å². The largest absolute Gasteiger partial charge is 0.496 e. The highest BCUT2D eigenvalue weighted by Gasteiger charge is 2.36. The maximum Gasteiger partial charge on any atom is 0.135 e. The lowest BCUT2D eigenvalue weighted by molar-refractivity contribution is 0.416. The highest BCUT2D eigenvalue weighted by molar-refractivity contribution is 6.10. The van der Waals surface area contributed by atoms with Crippen LogP contribution in [0.1, 0.15) is 25.0 Å². The molecule has 11 aromatic rings. The van der Waals surface area contributed by atoms with Crippen molar-refractivity contribution in [1.82, 2.24) is 0 Å². The van der Waals surface area contributed by atoms with Gasteiger partial charge in [0.05, 0.1) is 7.11 Å². The Balaban J connectivity index is 0.916. The molecule has 0 aliphatic heterocycles. The van der Waals surface area contributed by atoms with Crippen molar-refractivity contribution in [3.05, 3.63) is 199 Å². The van der Waals surface area contributed by atoms with E-state index in [0.29, 0.717) is 0 Å². The molecule has 1 aliphatic carbocycles. The standard InChI is InChI=1S/C58H40O3/c1-58(2)51-32-42(41-21-25-55-48(31-41)47-29-39(19-24-54(47)60-55)36-13-8-5-9-14-36)17-22-44(51)46-33-50-49-30-40(20-26-56(49)61-57(50)34-52(46)58)37-15-10-16-43(27-37)45-28-38(18-23-53(45)59-3)35-11-6-4-7-12-35/h4-34H,1-3H3. The number of hydrogen-bond acceptors (Lipinski definition) is 3. The molecule has 2 aromatic heterocycles. The molecule has 0 radical (unpaired) electrons. The first-order valence-corrected chi connectivity index (χ1v) is 20.9. The highest BCUT2D eigenvalue weighted by atomic mass is 16.5. The van der Waals surface area contributed by atoms with Gasteiger partial charge in [-0.1, -0.05) is 129 Å². The monoisotopic (exact) mass is 784 g/mol. The number of furan rings is 2. The molecule has 3 nitrogen and oxygen atoms in total. The van der Waals surface area contributed by atoms with Crippen molar-refractivity contribution in [2.45, 2.75) is 19.3 Å². The second kappa shape index (κ2) is 13.5. The third-order valence-electron chi connectivity index (χ3n) is 13.0. The van der Waals surface area contributed by atoms with Crippen LogP contribution in [0.3, 0.4) is 0 Å². The lowest BCUT2D eigenvalue weighted by atomic mass is 9.81. The fourth-order valence-corrected chi connectivity index (χ4v) is 9.74. The Hall–Kier alpha value is -7.62. The summed E-state index contributed by atoms with van der Waals surface area (Å²) >= 11 is 0. The second-order valence-corrected chi connectivity index (χ2v) is 16.8. The second-order valence-electron chi connectivity index (χ2n) is 16.8. The van der Waals surface area contributed by atoms with Gasteiger partial charge in [0.15, 0.2) is 0 Å². The lowest BCUT2D eigenvalue weighted by Crippen LogP contribution is -2.15. The molecule has 0 saturated carbocycles. The van der Waals surface area contributed by atoms with Gasteiger partial charge in [0.25, 0.3) is 0 Å². The molecular weight excluding hydrogens is 745 g/mol. The molecule has 0 unspecified atom stereocenters. The number of methoxy groups -OCH3 is 1. The summed E-state index contributed by atoms with van der Waals surface area (Å²) < 4.78 is 18.8. The third kappa shape index (κ3) is 5.65. The fraction of sp³-hybridized carbons (Fsp3) is 0.0690. The van der Waals surface area contributed by atoms with Gasteiger partial charge >= 0.3 is 0 Å². The van der Waals surface area contributed by atoms with E-state index < -0.39 is 0 Å². The summed E-state index contributed by atoms with van der Waals surface area (Å²) in [6.45, 7) is 4.67. The summed E-state index contributed by atoms with van der Waals surface area (Å²) in [6.07, 6.45) is 0. The highest BCUT2D eigenvalue weighted by Crippen LogP contribution is 2.52. The molecule has 0 bridgehead atoms. The lowest BCUT2D eigenvalue weighted by Gasteiger charge is -2.22. The van der Waals surface area contributed by atoms with E-state index in [1.807, 2.05) is 6.07 Å². The maximum atomic E-state index is 6.61. The van der Waals surface area contributed by atoms with E-state index in [1.165, 1.54) is 50.1 Å². The van der Waals surface area contributed by atoms with Gasteiger partial charge in [-0.25, -0.2) is 0 Å². The summed E-state index contributed by atoms with van der Waals surface area (Å²) in [6, 6.07) is 67.4. The van der Waals surface area contributed by atoms with Crippen LogP contribution in [0.4, 0.5) is 0 Å². The average molecular weight is 785 g/mol. The normalized spacial score (nSPS) is 13.0. The van der Waals surface area contributed by atoms with Crippen molar-refractivity contribution in [3.8, 4) is 72.5 Å². The minimum atomic E-state index is -0.213. The minimum absolute atomic E-state index is 0.213. The first-order valence-electron chi connectivity index (χ1n) is 20.9. The van der Waals surface area contributed by atoms with Gasteiger partial charge in [0, 0.05) is 32.5 Å². The van der Waals surface area contributed by atoms with E-state index in [4.69, 9.17) is 13.6 Å². The molecular formula is C58H40O3. The van der Waals surface area contributed by atoms with Crippen LogP contribution < -0.4 is 4.74 Å². The minimum Gasteiger partial charge on any atom is -0.496 e. The maximum absolute atomic E-state index is 6.61. The van der Waals surface area contributed by atoms with Gasteiger partial charge < -0.3 is 13.6 Å². The molecule has 12 rings (SSSR count). The topological polar surface area (TPSA) is 35.5 Å². The Bertz CT molecular complexity index is 3530. The Labute approximate surface area is 354 Å². The zero-order chi connectivity index (χ0) is 40.8. The van der Waals surface area contributed by atoms with Gasteiger partial charge in [0.2, 0.25) is 0 Å². The van der Waals surface area contributed by atoms with Crippen molar-refractivity contribution < 1.29 is 13.6 Å².